The zero-order chi connectivity index (χ0) is 19.0. The minimum absolute atomic E-state index is 0.0545. The second-order valence-electron chi connectivity index (χ2n) is 7.57. The molecule has 0 aliphatic heterocycles. The Bertz CT molecular complexity index is 1050. The third-order valence-corrected chi connectivity index (χ3v) is 5.40. The Morgan fingerprint density at radius 1 is 1.19 bits per heavy atom. The molecule has 0 bridgehead atoms. The second kappa shape index (κ2) is 6.99. The lowest BCUT2D eigenvalue weighted by atomic mass is 9.83. The van der Waals surface area contributed by atoms with Crippen LogP contribution in [0, 0.1) is 6.92 Å². The van der Waals surface area contributed by atoms with Gasteiger partial charge >= 0.3 is 0 Å². The van der Waals surface area contributed by atoms with Gasteiger partial charge in [-0.15, -0.1) is 0 Å². The van der Waals surface area contributed by atoms with Gasteiger partial charge in [-0.05, 0) is 78.1 Å². The van der Waals surface area contributed by atoms with E-state index >= 15 is 0 Å². The fourth-order valence-corrected chi connectivity index (χ4v) is 3.97. The highest BCUT2D eigenvalue weighted by atomic mass is 16.1. The number of aromatic nitrogens is 2. The molecular weight excluding hydrogens is 332 g/mol. The number of hydrogen-bond donors (Lipinski definition) is 0. The quantitative estimate of drug-likeness (QED) is 0.652. The third-order valence-electron chi connectivity index (χ3n) is 5.40. The van der Waals surface area contributed by atoms with Gasteiger partial charge in [0.15, 0.2) is 0 Å². The first-order valence-electron chi connectivity index (χ1n) is 9.39. The average molecular weight is 356 g/mol. The van der Waals surface area contributed by atoms with Crippen LogP contribution in [0.4, 0.5) is 0 Å². The molecule has 2 heterocycles. The maximum Gasteiger partial charge on any atom is 0.253 e. The van der Waals surface area contributed by atoms with Crippen LogP contribution >= 0.6 is 0 Å². The van der Waals surface area contributed by atoms with Crippen LogP contribution in [0.2, 0.25) is 0 Å². The van der Waals surface area contributed by atoms with E-state index in [9.17, 15) is 4.79 Å². The summed E-state index contributed by atoms with van der Waals surface area (Å²) in [5.74, 6) is 0. The van der Waals surface area contributed by atoms with Gasteiger partial charge < -0.3 is 4.57 Å². The maximum absolute atomic E-state index is 12.1. The Morgan fingerprint density at radius 2 is 2.04 bits per heavy atom. The van der Waals surface area contributed by atoms with Gasteiger partial charge in [0.25, 0.3) is 5.56 Å². The normalized spacial score (nSPS) is 13.5. The van der Waals surface area contributed by atoms with Crippen LogP contribution in [0.1, 0.15) is 34.2 Å². The van der Waals surface area contributed by atoms with E-state index in [4.69, 9.17) is 0 Å². The van der Waals surface area contributed by atoms with Gasteiger partial charge in [-0.3, -0.25) is 9.78 Å². The molecule has 4 rings (SSSR count). The molecule has 0 amide bonds. The molecule has 0 saturated heterocycles. The van der Waals surface area contributed by atoms with E-state index in [-0.39, 0.29) is 5.56 Å². The van der Waals surface area contributed by atoms with E-state index in [1.54, 1.807) is 10.8 Å². The lowest BCUT2D eigenvalue weighted by molar-refractivity contribution is 0.836. The summed E-state index contributed by atoms with van der Waals surface area (Å²) in [7, 11) is 1.82. The predicted octanol–water partition coefficient (Wildman–Crippen LogP) is 4.39. The predicted molar refractivity (Wildman–Crippen MR) is 110 cm³/mol. The SMILES string of the molecule is C=C1CCc2cc(Cc3cccnc3)c(-c3cc(C)c(=O)n(C)c3)cc2C1. The lowest BCUT2D eigenvalue weighted by Crippen LogP contribution is -2.18. The lowest BCUT2D eigenvalue weighted by Gasteiger charge is -2.22. The van der Waals surface area contributed by atoms with Crippen molar-refractivity contribution in [2.24, 2.45) is 7.05 Å². The van der Waals surface area contributed by atoms with E-state index in [0.29, 0.717) is 0 Å². The molecule has 1 aliphatic carbocycles. The van der Waals surface area contributed by atoms with Gasteiger partial charge in [0.2, 0.25) is 0 Å². The number of fused-ring (bicyclic) bond motifs is 1. The summed E-state index contributed by atoms with van der Waals surface area (Å²) < 4.78 is 1.68. The van der Waals surface area contributed by atoms with E-state index in [1.165, 1.54) is 33.4 Å². The van der Waals surface area contributed by atoms with Crippen LogP contribution in [0.15, 0.2) is 65.9 Å². The number of nitrogens with zero attached hydrogens (tertiary/aromatic N) is 2. The van der Waals surface area contributed by atoms with Gasteiger partial charge in [-0.25, -0.2) is 0 Å². The zero-order valence-electron chi connectivity index (χ0n) is 16.0. The molecule has 3 nitrogen and oxygen atoms in total. The number of rotatable bonds is 3. The van der Waals surface area contributed by atoms with Crippen molar-refractivity contribution in [2.45, 2.75) is 32.6 Å². The van der Waals surface area contributed by atoms with Gasteiger partial charge in [-0.2, -0.15) is 0 Å². The Balaban J connectivity index is 1.88. The summed E-state index contributed by atoms with van der Waals surface area (Å²) in [6.07, 6.45) is 9.58. The summed E-state index contributed by atoms with van der Waals surface area (Å²) in [4.78, 5) is 16.4. The van der Waals surface area contributed by atoms with Gasteiger partial charge in [0.1, 0.15) is 0 Å². The van der Waals surface area contributed by atoms with Gasteiger partial charge in [0.05, 0.1) is 0 Å². The standard InChI is InChI=1S/C24H24N2O/c1-16-6-7-19-12-21(11-18-5-4-8-25-14-18)23(13-20(19)9-16)22-10-17(2)24(27)26(3)15-22/h4-5,8,10,12-15H,1,6-7,9,11H2,2-3H3. The molecule has 0 saturated carbocycles. The molecule has 0 fully saturated rings. The summed E-state index contributed by atoms with van der Waals surface area (Å²) >= 11 is 0. The van der Waals surface area contributed by atoms with Gasteiger partial charge in [0, 0.05) is 31.2 Å². The van der Waals surface area contributed by atoms with Crippen molar-refractivity contribution in [3.8, 4) is 11.1 Å². The number of benzene rings is 1. The summed E-state index contributed by atoms with van der Waals surface area (Å²) in [5.41, 5.74) is 9.67. The van der Waals surface area contributed by atoms with Crippen molar-refractivity contribution < 1.29 is 0 Å². The first-order valence-corrected chi connectivity index (χ1v) is 9.39. The number of allylic oxidation sites excluding steroid dienone is 1. The van der Waals surface area contributed by atoms with Crippen molar-refractivity contribution in [1.82, 2.24) is 9.55 Å². The Labute approximate surface area is 160 Å². The molecule has 0 unspecified atom stereocenters. The Hall–Kier alpha value is -2.94. The molecule has 1 aromatic carbocycles. The van der Waals surface area contributed by atoms with Crippen molar-refractivity contribution in [1.29, 1.82) is 0 Å². The van der Waals surface area contributed by atoms with E-state index < -0.39 is 0 Å². The highest BCUT2D eigenvalue weighted by Crippen LogP contribution is 2.33. The second-order valence-corrected chi connectivity index (χ2v) is 7.57. The molecule has 136 valence electrons. The van der Waals surface area contributed by atoms with Crippen molar-refractivity contribution in [2.75, 3.05) is 0 Å². The van der Waals surface area contributed by atoms with Crippen LogP contribution in [0.25, 0.3) is 11.1 Å². The molecular formula is C24H24N2O. The molecule has 0 spiro atoms. The summed E-state index contributed by atoms with van der Waals surface area (Å²) in [6, 6.07) is 10.8. The number of hydrogen-bond acceptors (Lipinski definition) is 2. The molecule has 0 radical (unpaired) electrons. The monoisotopic (exact) mass is 356 g/mol. The molecule has 0 N–H and O–H groups in total. The van der Waals surface area contributed by atoms with Crippen LogP contribution in [0.5, 0.6) is 0 Å². The van der Waals surface area contributed by atoms with Crippen molar-refractivity contribution in [3.05, 3.63) is 99.2 Å². The summed E-state index contributed by atoms with van der Waals surface area (Å²) in [6.45, 7) is 6.07. The minimum Gasteiger partial charge on any atom is -0.318 e. The van der Waals surface area contributed by atoms with Crippen LogP contribution in [0.3, 0.4) is 0 Å². The van der Waals surface area contributed by atoms with Gasteiger partial charge in [-0.1, -0.05) is 30.4 Å². The van der Waals surface area contributed by atoms with E-state index in [2.05, 4.69) is 29.8 Å². The zero-order valence-corrected chi connectivity index (χ0v) is 16.0. The average Bonchev–Trinajstić information content (AvgIpc) is 2.66. The van der Waals surface area contributed by atoms with Crippen LogP contribution in [-0.2, 0) is 26.3 Å². The summed E-state index contributed by atoms with van der Waals surface area (Å²) in [5, 5.41) is 0. The Morgan fingerprint density at radius 3 is 2.78 bits per heavy atom. The fourth-order valence-electron chi connectivity index (χ4n) is 3.97. The molecule has 3 aromatic rings. The maximum atomic E-state index is 12.1. The fraction of sp³-hybridized carbons (Fsp3) is 0.250. The van der Waals surface area contributed by atoms with Crippen LogP contribution in [-0.4, -0.2) is 9.55 Å². The van der Waals surface area contributed by atoms with E-state index in [1.807, 2.05) is 38.5 Å². The minimum atomic E-state index is 0.0545. The molecule has 27 heavy (non-hydrogen) atoms. The number of pyridine rings is 2. The number of aryl methyl sites for hydroxylation is 3. The highest BCUT2D eigenvalue weighted by Gasteiger charge is 2.17. The third kappa shape index (κ3) is 3.50. The van der Waals surface area contributed by atoms with E-state index in [0.717, 1.165) is 36.8 Å². The first-order chi connectivity index (χ1) is 13.0. The molecule has 0 atom stereocenters. The topological polar surface area (TPSA) is 34.9 Å². The first kappa shape index (κ1) is 17.5. The highest BCUT2D eigenvalue weighted by molar-refractivity contribution is 5.70. The smallest absolute Gasteiger partial charge is 0.253 e. The molecule has 1 aliphatic rings. The largest absolute Gasteiger partial charge is 0.318 e. The Kier molecular flexibility index (Phi) is 4.53. The van der Waals surface area contributed by atoms with Crippen LogP contribution < -0.4 is 5.56 Å². The van der Waals surface area contributed by atoms with Crippen molar-refractivity contribution in [3.63, 3.8) is 0 Å². The molecule has 3 heteroatoms. The molecule has 2 aromatic heterocycles. The van der Waals surface area contributed by atoms with Crippen molar-refractivity contribution >= 4 is 0 Å².